The number of benzene rings is 2. The highest BCUT2D eigenvalue weighted by atomic mass is 32.1. The molecule has 0 aliphatic rings. The lowest BCUT2D eigenvalue weighted by molar-refractivity contribution is -0.384. The summed E-state index contributed by atoms with van der Waals surface area (Å²) < 4.78 is 5.37. The van der Waals surface area contributed by atoms with E-state index in [0.717, 1.165) is 21.3 Å². The zero-order valence-corrected chi connectivity index (χ0v) is 17.6. The van der Waals surface area contributed by atoms with Crippen LogP contribution in [0.3, 0.4) is 0 Å². The van der Waals surface area contributed by atoms with E-state index in [1.165, 1.54) is 42.5 Å². The second kappa shape index (κ2) is 8.08. The van der Waals surface area contributed by atoms with E-state index in [1.807, 2.05) is 0 Å². The Morgan fingerprint density at radius 3 is 2.57 bits per heavy atom. The van der Waals surface area contributed by atoms with Gasteiger partial charge in [-0.15, -0.1) is 11.3 Å². The molecule has 0 bridgehead atoms. The minimum atomic E-state index is -0.438. The molecular weight excluding hydrogens is 400 g/mol. The summed E-state index contributed by atoms with van der Waals surface area (Å²) in [5, 5.41) is 17.3. The molecular formula is C22H20N4O3S. The summed E-state index contributed by atoms with van der Waals surface area (Å²) in [7, 11) is 1.52. The smallest absolute Gasteiger partial charge is 0.271 e. The normalized spacial score (nSPS) is 11.1. The number of hydrogen-bond donors (Lipinski definition) is 1. The number of anilines is 2. The van der Waals surface area contributed by atoms with Crippen LogP contribution in [0.25, 0.3) is 21.3 Å². The Morgan fingerprint density at radius 2 is 1.90 bits per heavy atom. The van der Waals surface area contributed by atoms with E-state index in [1.54, 1.807) is 6.07 Å². The van der Waals surface area contributed by atoms with E-state index < -0.39 is 4.92 Å². The quantitative estimate of drug-likeness (QED) is 0.297. The first kappa shape index (κ1) is 19.8. The highest BCUT2D eigenvalue weighted by Gasteiger charge is 2.17. The maximum Gasteiger partial charge on any atom is 0.271 e. The fourth-order valence-electron chi connectivity index (χ4n) is 3.26. The van der Waals surface area contributed by atoms with Crippen molar-refractivity contribution in [3.8, 4) is 16.9 Å². The van der Waals surface area contributed by atoms with Gasteiger partial charge in [-0.05, 0) is 23.1 Å². The number of aromatic nitrogens is 2. The zero-order chi connectivity index (χ0) is 21.3. The maximum atomic E-state index is 11.2. The van der Waals surface area contributed by atoms with Gasteiger partial charge in [-0.1, -0.05) is 38.1 Å². The van der Waals surface area contributed by atoms with Crippen molar-refractivity contribution in [1.82, 2.24) is 9.97 Å². The van der Waals surface area contributed by atoms with Gasteiger partial charge in [0.25, 0.3) is 5.69 Å². The van der Waals surface area contributed by atoms with Crippen LogP contribution in [0.15, 0.2) is 54.2 Å². The van der Waals surface area contributed by atoms with E-state index in [9.17, 15) is 10.1 Å². The number of nitrogens with one attached hydrogen (secondary N) is 1. The van der Waals surface area contributed by atoms with Crippen LogP contribution < -0.4 is 10.1 Å². The number of ether oxygens (including phenoxy) is 1. The zero-order valence-electron chi connectivity index (χ0n) is 16.7. The second-order valence-electron chi connectivity index (χ2n) is 7.10. The van der Waals surface area contributed by atoms with E-state index in [-0.39, 0.29) is 5.69 Å². The molecule has 2 heterocycles. The van der Waals surface area contributed by atoms with Gasteiger partial charge in [0.05, 0.1) is 23.1 Å². The Hall–Kier alpha value is -3.52. The standard InChI is InChI=1S/C22H20N4O3S/c1-13(2)14-4-6-15(7-5-14)17-11-30-22-20(17)21(23-12-24-22)25-18-10-16(26(27)28)8-9-19(18)29-3/h4-13H,1-3H3,(H,23,24,25). The number of nitrogens with zero attached hydrogens (tertiary/aromatic N) is 3. The van der Waals surface area contributed by atoms with Gasteiger partial charge < -0.3 is 10.1 Å². The average molecular weight is 420 g/mol. The van der Waals surface area contributed by atoms with E-state index in [0.29, 0.717) is 23.2 Å². The molecule has 0 radical (unpaired) electrons. The Balaban J connectivity index is 1.80. The Bertz CT molecular complexity index is 1220. The minimum Gasteiger partial charge on any atom is -0.495 e. The Labute approximate surface area is 177 Å². The van der Waals surface area contributed by atoms with E-state index in [2.05, 4.69) is 58.8 Å². The van der Waals surface area contributed by atoms with Crippen molar-refractivity contribution in [3.05, 3.63) is 69.8 Å². The van der Waals surface area contributed by atoms with Gasteiger partial charge in [-0.2, -0.15) is 0 Å². The van der Waals surface area contributed by atoms with Crippen LogP contribution in [0.5, 0.6) is 5.75 Å². The predicted molar refractivity (Wildman–Crippen MR) is 120 cm³/mol. The highest BCUT2D eigenvalue weighted by Crippen LogP contribution is 2.39. The van der Waals surface area contributed by atoms with Crippen LogP contribution in [0.2, 0.25) is 0 Å². The van der Waals surface area contributed by atoms with Crippen molar-refractivity contribution in [2.75, 3.05) is 12.4 Å². The number of fused-ring (bicyclic) bond motifs is 1. The molecule has 0 saturated carbocycles. The van der Waals surface area contributed by atoms with Gasteiger partial charge >= 0.3 is 0 Å². The van der Waals surface area contributed by atoms with E-state index in [4.69, 9.17) is 4.74 Å². The molecule has 0 unspecified atom stereocenters. The van der Waals surface area contributed by atoms with Crippen molar-refractivity contribution in [1.29, 1.82) is 0 Å². The molecule has 2 aromatic heterocycles. The fourth-order valence-corrected chi connectivity index (χ4v) is 4.18. The van der Waals surface area contributed by atoms with Gasteiger partial charge in [-0.25, -0.2) is 9.97 Å². The molecule has 0 amide bonds. The number of hydrogen-bond acceptors (Lipinski definition) is 7. The average Bonchev–Trinajstić information content (AvgIpc) is 3.19. The van der Waals surface area contributed by atoms with Crippen LogP contribution in [0.1, 0.15) is 25.3 Å². The summed E-state index contributed by atoms with van der Waals surface area (Å²) in [5.41, 5.74) is 3.79. The first-order valence-electron chi connectivity index (χ1n) is 9.40. The summed E-state index contributed by atoms with van der Waals surface area (Å²) in [5.74, 6) is 1.52. The lowest BCUT2D eigenvalue weighted by atomic mass is 9.99. The third-order valence-corrected chi connectivity index (χ3v) is 5.79. The van der Waals surface area contributed by atoms with E-state index >= 15 is 0 Å². The molecule has 0 atom stereocenters. The van der Waals surface area contributed by atoms with Crippen LogP contribution in [0, 0.1) is 10.1 Å². The molecule has 2 aromatic carbocycles. The summed E-state index contributed by atoms with van der Waals surface area (Å²) in [6, 6.07) is 12.9. The van der Waals surface area contributed by atoms with Gasteiger partial charge in [-0.3, -0.25) is 10.1 Å². The molecule has 1 N–H and O–H groups in total. The van der Waals surface area contributed by atoms with Gasteiger partial charge in [0.2, 0.25) is 0 Å². The number of rotatable bonds is 6. The maximum absolute atomic E-state index is 11.2. The molecule has 30 heavy (non-hydrogen) atoms. The number of non-ortho nitro benzene ring substituents is 1. The molecule has 0 fully saturated rings. The number of methoxy groups -OCH3 is 1. The summed E-state index contributed by atoms with van der Waals surface area (Å²) in [4.78, 5) is 20.4. The van der Waals surface area contributed by atoms with Crippen molar-refractivity contribution >= 4 is 38.7 Å². The molecule has 4 aromatic rings. The van der Waals surface area contributed by atoms with Crippen LogP contribution >= 0.6 is 11.3 Å². The first-order chi connectivity index (χ1) is 14.5. The monoisotopic (exact) mass is 420 g/mol. The third kappa shape index (κ3) is 3.69. The van der Waals surface area contributed by atoms with Crippen LogP contribution in [-0.2, 0) is 0 Å². The topological polar surface area (TPSA) is 90.2 Å². The molecule has 7 nitrogen and oxygen atoms in total. The highest BCUT2D eigenvalue weighted by molar-refractivity contribution is 7.17. The number of nitro groups is 1. The van der Waals surface area contributed by atoms with Crippen molar-refractivity contribution in [2.24, 2.45) is 0 Å². The fraction of sp³-hybridized carbons (Fsp3) is 0.182. The largest absolute Gasteiger partial charge is 0.495 e. The number of nitro benzene ring substituents is 1. The molecule has 4 rings (SSSR count). The summed E-state index contributed by atoms with van der Waals surface area (Å²) >= 11 is 1.53. The predicted octanol–water partition coefficient (Wildman–Crippen LogP) is 6.14. The van der Waals surface area contributed by atoms with Crippen molar-refractivity contribution in [3.63, 3.8) is 0 Å². The summed E-state index contributed by atoms with van der Waals surface area (Å²) in [6.45, 7) is 4.33. The van der Waals surface area contributed by atoms with Crippen LogP contribution in [-0.4, -0.2) is 22.0 Å². The SMILES string of the molecule is COc1ccc([N+](=O)[O-])cc1Nc1ncnc2scc(-c3ccc(C(C)C)cc3)c12. The molecule has 8 heteroatoms. The number of thiophene rings is 1. The molecule has 0 saturated heterocycles. The van der Waals surface area contributed by atoms with Gasteiger partial charge in [0.1, 0.15) is 22.7 Å². The molecule has 0 aliphatic carbocycles. The molecule has 0 aliphatic heterocycles. The van der Waals surface area contributed by atoms with Crippen molar-refractivity contribution in [2.45, 2.75) is 19.8 Å². The minimum absolute atomic E-state index is 0.0292. The first-order valence-corrected chi connectivity index (χ1v) is 10.3. The van der Waals surface area contributed by atoms with Gasteiger partial charge in [0, 0.05) is 23.1 Å². The Kier molecular flexibility index (Phi) is 5.33. The Morgan fingerprint density at radius 1 is 1.13 bits per heavy atom. The lowest BCUT2D eigenvalue weighted by Gasteiger charge is -2.12. The van der Waals surface area contributed by atoms with Crippen LogP contribution in [0.4, 0.5) is 17.2 Å². The van der Waals surface area contributed by atoms with Gasteiger partial charge in [0.15, 0.2) is 0 Å². The van der Waals surface area contributed by atoms with Crippen molar-refractivity contribution < 1.29 is 9.66 Å². The molecule has 152 valence electrons. The third-order valence-electron chi connectivity index (χ3n) is 4.91. The molecule has 0 spiro atoms. The second-order valence-corrected chi connectivity index (χ2v) is 7.95. The summed E-state index contributed by atoms with van der Waals surface area (Å²) in [6.07, 6.45) is 1.48. The lowest BCUT2D eigenvalue weighted by Crippen LogP contribution is -1.99.